The van der Waals surface area contributed by atoms with E-state index in [1.807, 2.05) is 29.5 Å². The van der Waals surface area contributed by atoms with Crippen molar-refractivity contribution in [2.45, 2.75) is 6.92 Å². The molecule has 0 unspecified atom stereocenters. The van der Waals surface area contributed by atoms with Crippen molar-refractivity contribution in [3.05, 3.63) is 9.66 Å². The van der Waals surface area contributed by atoms with Crippen LogP contribution in [-0.4, -0.2) is 6.67 Å². The van der Waals surface area contributed by atoms with Crippen molar-refractivity contribution in [2.24, 2.45) is 0 Å². The van der Waals surface area contributed by atoms with Gasteiger partial charge in [-0.3, -0.25) is 0 Å². The van der Waals surface area contributed by atoms with Gasteiger partial charge in [0.05, 0.1) is 0 Å². The lowest BCUT2D eigenvalue weighted by atomic mass is 10.6. The molecule has 0 nitrogen and oxygen atoms in total. The van der Waals surface area contributed by atoms with Crippen molar-refractivity contribution < 1.29 is 4.39 Å². The van der Waals surface area contributed by atoms with E-state index >= 15 is 0 Å². The van der Waals surface area contributed by atoms with Gasteiger partial charge in [-0.1, -0.05) is 6.08 Å². The van der Waals surface area contributed by atoms with E-state index in [4.69, 9.17) is 0 Å². The van der Waals surface area contributed by atoms with E-state index < -0.39 is 0 Å². The number of rotatable bonds is 1. The van der Waals surface area contributed by atoms with Crippen LogP contribution in [0.3, 0.4) is 0 Å². The molecule has 36 valence electrons. The first kappa shape index (κ1) is 6.40. The van der Waals surface area contributed by atoms with Crippen LogP contribution in [0.5, 0.6) is 0 Å². The lowest BCUT2D eigenvalue weighted by Gasteiger charge is -1.79. The number of hydrogen-bond acceptors (Lipinski definition) is 0. The Morgan fingerprint density at radius 3 is 2.50 bits per heavy atom. The molecular formula is C4H6FI. The van der Waals surface area contributed by atoms with Crippen LogP contribution in [0, 0.1) is 0 Å². The highest BCUT2D eigenvalue weighted by Gasteiger charge is 1.79. The van der Waals surface area contributed by atoms with Crippen LogP contribution in [0.4, 0.5) is 4.39 Å². The standard InChI is InChI=1S/C4H6FI/c1-2-4(6)3-5/h2H,3H2,1H3. The fourth-order valence-corrected chi connectivity index (χ4v) is 0.0772. The summed E-state index contributed by atoms with van der Waals surface area (Å²) >= 11 is 1.96. The number of alkyl halides is 1. The molecule has 0 bridgehead atoms. The Hall–Kier alpha value is 0.400. The van der Waals surface area contributed by atoms with Crippen molar-refractivity contribution in [3.63, 3.8) is 0 Å². The van der Waals surface area contributed by atoms with E-state index in [0.29, 0.717) is 0 Å². The lowest BCUT2D eigenvalue weighted by molar-refractivity contribution is 0.559. The van der Waals surface area contributed by atoms with Gasteiger partial charge < -0.3 is 0 Å². The average molecular weight is 200 g/mol. The zero-order valence-electron chi connectivity index (χ0n) is 3.54. The molecule has 0 radical (unpaired) electrons. The minimum absolute atomic E-state index is 0.322. The molecular weight excluding hydrogens is 194 g/mol. The van der Waals surface area contributed by atoms with Crippen molar-refractivity contribution in [1.82, 2.24) is 0 Å². The molecule has 2 heteroatoms. The van der Waals surface area contributed by atoms with Crippen molar-refractivity contribution in [2.75, 3.05) is 6.67 Å². The molecule has 0 aliphatic carbocycles. The first-order chi connectivity index (χ1) is 2.81. The van der Waals surface area contributed by atoms with Crippen molar-refractivity contribution >= 4 is 22.6 Å². The zero-order valence-corrected chi connectivity index (χ0v) is 5.70. The van der Waals surface area contributed by atoms with Crippen LogP contribution < -0.4 is 0 Å². The third-order valence-electron chi connectivity index (χ3n) is 0.441. The third-order valence-corrected chi connectivity index (χ3v) is 1.35. The Morgan fingerprint density at radius 1 is 2.00 bits per heavy atom. The summed E-state index contributed by atoms with van der Waals surface area (Å²) in [6.45, 7) is 1.50. The molecule has 0 fully saturated rings. The Bertz CT molecular complexity index is 58.6. The summed E-state index contributed by atoms with van der Waals surface area (Å²) in [5.74, 6) is 0. The molecule has 0 spiro atoms. The van der Waals surface area contributed by atoms with E-state index in [1.165, 1.54) is 0 Å². The minimum Gasteiger partial charge on any atom is -0.245 e. The van der Waals surface area contributed by atoms with Crippen LogP contribution >= 0.6 is 22.6 Å². The van der Waals surface area contributed by atoms with Gasteiger partial charge in [0, 0.05) is 3.58 Å². The molecule has 6 heavy (non-hydrogen) atoms. The summed E-state index contributed by atoms with van der Waals surface area (Å²) in [6, 6.07) is 0. The molecule has 0 aliphatic heterocycles. The highest BCUT2D eigenvalue weighted by Crippen LogP contribution is 2.03. The normalized spacial score (nSPS) is 12.2. The number of halogens is 2. The molecule has 0 saturated heterocycles. The summed E-state index contributed by atoms with van der Waals surface area (Å²) in [6.07, 6.45) is 1.75. The van der Waals surface area contributed by atoms with Gasteiger partial charge in [0.2, 0.25) is 0 Å². The van der Waals surface area contributed by atoms with Gasteiger partial charge in [-0.05, 0) is 29.5 Å². The van der Waals surface area contributed by atoms with Crippen LogP contribution in [-0.2, 0) is 0 Å². The van der Waals surface area contributed by atoms with E-state index in [9.17, 15) is 4.39 Å². The summed E-state index contributed by atoms with van der Waals surface area (Å²) in [4.78, 5) is 0. The Balaban J connectivity index is 3.22. The highest BCUT2D eigenvalue weighted by atomic mass is 127. The maximum Gasteiger partial charge on any atom is 0.120 e. The maximum atomic E-state index is 11.3. The second-order valence-electron chi connectivity index (χ2n) is 0.869. The maximum absolute atomic E-state index is 11.3. The van der Waals surface area contributed by atoms with Gasteiger partial charge >= 0.3 is 0 Å². The van der Waals surface area contributed by atoms with E-state index in [0.717, 1.165) is 3.58 Å². The molecule has 0 amide bonds. The third kappa shape index (κ3) is 2.63. The minimum atomic E-state index is -0.322. The molecule has 0 aliphatic rings. The molecule has 0 rings (SSSR count). The van der Waals surface area contributed by atoms with Gasteiger partial charge in [-0.2, -0.15) is 0 Å². The summed E-state index contributed by atoms with van der Waals surface area (Å²) in [5.41, 5.74) is 0. The summed E-state index contributed by atoms with van der Waals surface area (Å²) in [7, 11) is 0. The first-order valence-corrected chi connectivity index (χ1v) is 2.75. The predicted octanol–water partition coefficient (Wildman–Crippen LogP) is 2.29. The topological polar surface area (TPSA) is 0 Å². The SMILES string of the molecule is CC=C(I)CF. The van der Waals surface area contributed by atoms with Gasteiger partial charge in [-0.15, -0.1) is 0 Å². The molecule has 0 N–H and O–H groups in total. The smallest absolute Gasteiger partial charge is 0.120 e. The van der Waals surface area contributed by atoms with Crippen LogP contribution in [0.15, 0.2) is 9.66 Å². The summed E-state index contributed by atoms with van der Waals surface area (Å²) < 4.78 is 12.1. The average Bonchev–Trinajstić information content (AvgIpc) is 1.65. The van der Waals surface area contributed by atoms with Gasteiger partial charge in [0.15, 0.2) is 0 Å². The molecule has 0 aromatic heterocycles. The fourth-order valence-electron chi connectivity index (χ4n) is 0.0772. The second-order valence-corrected chi connectivity index (χ2v) is 2.25. The van der Waals surface area contributed by atoms with Gasteiger partial charge in [0.25, 0.3) is 0 Å². The molecule has 0 saturated carbocycles. The Kier molecular flexibility index (Phi) is 3.82. The highest BCUT2D eigenvalue weighted by molar-refractivity contribution is 14.1. The largest absolute Gasteiger partial charge is 0.245 e. The quantitative estimate of drug-likeness (QED) is 0.569. The second kappa shape index (κ2) is 3.59. The van der Waals surface area contributed by atoms with Crippen LogP contribution in [0.1, 0.15) is 6.92 Å². The Labute approximate surface area is 50.6 Å². The summed E-state index contributed by atoms with van der Waals surface area (Å²) in [5, 5.41) is 0. The number of hydrogen-bond donors (Lipinski definition) is 0. The predicted molar refractivity (Wildman–Crippen MR) is 33.8 cm³/mol. The Morgan fingerprint density at radius 2 is 2.50 bits per heavy atom. The van der Waals surface area contributed by atoms with Crippen LogP contribution in [0.25, 0.3) is 0 Å². The molecule has 0 aromatic rings. The monoisotopic (exact) mass is 200 g/mol. The van der Waals surface area contributed by atoms with Crippen LogP contribution in [0.2, 0.25) is 0 Å². The molecule has 0 atom stereocenters. The first-order valence-electron chi connectivity index (χ1n) is 1.68. The van der Waals surface area contributed by atoms with E-state index in [2.05, 4.69) is 0 Å². The molecule has 0 aromatic carbocycles. The zero-order chi connectivity index (χ0) is 4.99. The van der Waals surface area contributed by atoms with Gasteiger partial charge in [0.1, 0.15) is 6.67 Å². The van der Waals surface area contributed by atoms with E-state index in [-0.39, 0.29) is 6.67 Å². The lowest BCUT2D eigenvalue weighted by Crippen LogP contribution is -1.66. The van der Waals surface area contributed by atoms with Crippen molar-refractivity contribution in [1.29, 1.82) is 0 Å². The molecule has 0 heterocycles. The fraction of sp³-hybridized carbons (Fsp3) is 0.500. The van der Waals surface area contributed by atoms with Crippen molar-refractivity contribution in [3.8, 4) is 0 Å². The number of allylic oxidation sites excluding steroid dienone is 2. The van der Waals surface area contributed by atoms with E-state index in [1.54, 1.807) is 6.08 Å². The van der Waals surface area contributed by atoms with Gasteiger partial charge in [-0.25, -0.2) is 4.39 Å².